The van der Waals surface area contributed by atoms with E-state index in [-0.39, 0.29) is 19.2 Å². The molecular formula is C25H24N4O5. The van der Waals surface area contributed by atoms with Gasteiger partial charge in [-0.05, 0) is 42.3 Å². The van der Waals surface area contributed by atoms with Crippen LogP contribution in [-0.2, 0) is 17.8 Å². The molecule has 0 aromatic heterocycles. The number of aliphatic hydroxyl groups excluding tert-OH is 1. The van der Waals surface area contributed by atoms with Gasteiger partial charge in [0.2, 0.25) is 5.54 Å². The summed E-state index contributed by atoms with van der Waals surface area (Å²) < 4.78 is 5.20. The van der Waals surface area contributed by atoms with Crippen molar-refractivity contribution >= 4 is 23.6 Å². The van der Waals surface area contributed by atoms with Gasteiger partial charge in [0.1, 0.15) is 12.5 Å². The van der Waals surface area contributed by atoms with Crippen LogP contribution in [-0.4, -0.2) is 59.5 Å². The van der Waals surface area contributed by atoms with E-state index >= 15 is 0 Å². The van der Waals surface area contributed by atoms with Gasteiger partial charge in [0.15, 0.2) is 0 Å². The van der Waals surface area contributed by atoms with Gasteiger partial charge in [-0.2, -0.15) is 0 Å². The van der Waals surface area contributed by atoms with Crippen LogP contribution in [0.15, 0.2) is 47.5 Å². The topological polar surface area (TPSA) is 120 Å². The van der Waals surface area contributed by atoms with Gasteiger partial charge in [-0.3, -0.25) is 19.9 Å². The molecule has 4 amide bonds. The number of urea groups is 1. The maximum absolute atomic E-state index is 13.0. The summed E-state index contributed by atoms with van der Waals surface area (Å²) >= 11 is 0. The van der Waals surface area contributed by atoms with Crippen molar-refractivity contribution in [3.8, 4) is 17.6 Å². The molecule has 0 spiro atoms. The van der Waals surface area contributed by atoms with E-state index in [1.807, 2.05) is 25.1 Å². The summed E-state index contributed by atoms with van der Waals surface area (Å²) in [5, 5.41) is 13.7. The lowest BCUT2D eigenvalue weighted by Crippen LogP contribution is -2.54. The number of rotatable bonds is 6. The monoisotopic (exact) mass is 460 g/mol. The van der Waals surface area contributed by atoms with Gasteiger partial charge in [-0.25, -0.2) is 4.79 Å². The number of imide groups is 1. The first-order valence-corrected chi connectivity index (χ1v) is 10.7. The fraction of sp³-hybridized carbons (Fsp3) is 0.280. The maximum atomic E-state index is 13.0. The van der Waals surface area contributed by atoms with Crippen LogP contribution in [0.2, 0.25) is 0 Å². The van der Waals surface area contributed by atoms with Gasteiger partial charge < -0.3 is 20.1 Å². The van der Waals surface area contributed by atoms with Gasteiger partial charge in [0.25, 0.3) is 11.8 Å². The van der Waals surface area contributed by atoms with Crippen molar-refractivity contribution in [2.24, 2.45) is 4.99 Å². The predicted molar refractivity (Wildman–Crippen MR) is 124 cm³/mol. The molecule has 0 radical (unpaired) electrons. The molecule has 0 saturated carbocycles. The molecule has 0 unspecified atom stereocenters. The highest BCUT2D eigenvalue weighted by Crippen LogP contribution is 2.28. The minimum Gasteiger partial charge on any atom is -0.497 e. The Morgan fingerprint density at radius 2 is 1.97 bits per heavy atom. The lowest BCUT2D eigenvalue weighted by Gasteiger charge is -2.26. The predicted octanol–water partition coefficient (Wildman–Crippen LogP) is 1.23. The summed E-state index contributed by atoms with van der Waals surface area (Å²) in [5.74, 6) is 5.57. The highest BCUT2D eigenvalue weighted by Gasteiger charge is 2.48. The van der Waals surface area contributed by atoms with Crippen LogP contribution in [0.1, 0.15) is 34.0 Å². The smallest absolute Gasteiger partial charge is 0.323 e. The number of nitrogens with one attached hydrogen (secondary N) is 2. The van der Waals surface area contributed by atoms with Crippen molar-refractivity contribution in [3.05, 3.63) is 64.7 Å². The number of aliphatic imine (C=N–C) groups is 1. The number of hydrogen-bond acceptors (Lipinski definition) is 6. The molecule has 9 heteroatoms. The minimum absolute atomic E-state index is 0.0949. The number of methoxy groups -OCH3 is 1. The van der Waals surface area contributed by atoms with Gasteiger partial charge in [-0.1, -0.05) is 30.0 Å². The maximum Gasteiger partial charge on any atom is 0.323 e. The van der Waals surface area contributed by atoms with Gasteiger partial charge >= 0.3 is 6.03 Å². The average Bonchev–Trinajstić information content (AvgIpc) is 3.28. The van der Waals surface area contributed by atoms with Crippen molar-refractivity contribution < 1.29 is 24.2 Å². The Morgan fingerprint density at radius 1 is 1.21 bits per heavy atom. The van der Waals surface area contributed by atoms with Gasteiger partial charge in [-0.15, -0.1) is 0 Å². The van der Waals surface area contributed by atoms with Crippen LogP contribution in [0.25, 0.3) is 0 Å². The molecular weight excluding hydrogens is 436 g/mol. The molecule has 2 heterocycles. The number of carbonyl (C=O) groups is 3. The second-order valence-corrected chi connectivity index (χ2v) is 8.16. The zero-order chi connectivity index (χ0) is 24.3. The largest absolute Gasteiger partial charge is 0.497 e. The van der Waals surface area contributed by atoms with Crippen LogP contribution >= 0.6 is 0 Å². The molecule has 2 aliphatic heterocycles. The number of benzene rings is 2. The standard InChI is InChI=1S/C25H24N4O5/c1-16(26-15-30)11-18-5-3-17(4-6-18)9-10-25(23(32)27-24(33)28-25)14-29-13-19-7-8-20(34-2)12-21(19)22(29)31/h3-8,12,30H,11,13-15H2,1-2H3,(H2,27,28,32,33)/b26-16+/t25-/m1/s1. The van der Waals surface area contributed by atoms with E-state index < -0.39 is 17.5 Å². The van der Waals surface area contributed by atoms with E-state index in [2.05, 4.69) is 27.5 Å². The molecule has 0 bridgehead atoms. The molecule has 0 aliphatic carbocycles. The summed E-state index contributed by atoms with van der Waals surface area (Å²) in [6.07, 6.45) is 0.596. The Morgan fingerprint density at radius 3 is 2.62 bits per heavy atom. The molecule has 9 nitrogen and oxygen atoms in total. The lowest BCUT2D eigenvalue weighted by atomic mass is 9.98. The molecule has 2 aliphatic rings. The van der Waals surface area contributed by atoms with E-state index in [1.54, 1.807) is 24.3 Å². The molecule has 4 rings (SSSR count). The highest BCUT2D eigenvalue weighted by molar-refractivity contribution is 6.10. The Kier molecular flexibility index (Phi) is 6.34. The summed E-state index contributed by atoms with van der Waals surface area (Å²) in [6.45, 7) is 1.79. The van der Waals surface area contributed by atoms with Crippen LogP contribution in [0.5, 0.6) is 5.75 Å². The zero-order valence-corrected chi connectivity index (χ0v) is 18.8. The zero-order valence-electron chi connectivity index (χ0n) is 18.8. The number of aliphatic hydroxyl groups is 1. The van der Waals surface area contributed by atoms with Crippen LogP contribution in [0, 0.1) is 11.8 Å². The molecule has 1 fully saturated rings. The van der Waals surface area contributed by atoms with Crippen molar-refractivity contribution in [2.45, 2.75) is 25.4 Å². The van der Waals surface area contributed by atoms with Gasteiger partial charge in [0.05, 0.1) is 13.7 Å². The fourth-order valence-electron chi connectivity index (χ4n) is 3.97. The van der Waals surface area contributed by atoms with Crippen molar-refractivity contribution in [2.75, 3.05) is 20.4 Å². The Hall–Kier alpha value is -4.16. The van der Waals surface area contributed by atoms with Crippen molar-refractivity contribution in [1.82, 2.24) is 15.5 Å². The normalized spacial score (nSPS) is 19.3. The first-order valence-electron chi connectivity index (χ1n) is 10.7. The Balaban J connectivity index is 1.56. The third-order valence-corrected chi connectivity index (χ3v) is 5.74. The first kappa shape index (κ1) is 23.0. The van der Waals surface area contributed by atoms with Gasteiger partial charge in [0, 0.05) is 29.8 Å². The summed E-state index contributed by atoms with van der Waals surface area (Å²) in [5.41, 5.74) is 2.20. The van der Waals surface area contributed by atoms with E-state index in [4.69, 9.17) is 9.84 Å². The molecule has 174 valence electrons. The number of amides is 4. The number of hydrogen-bond donors (Lipinski definition) is 3. The fourth-order valence-corrected chi connectivity index (χ4v) is 3.97. The molecule has 34 heavy (non-hydrogen) atoms. The molecule has 1 atom stereocenters. The molecule has 1 saturated heterocycles. The first-order chi connectivity index (χ1) is 16.3. The number of fused-ring (bicyclic) bond motifs is 1. The number of ether oxygens (including phenoxy) is 1. The lowest BCUT2D eigenvalue weighted by molar-refractivity contribution is -0.122. The second kappa shape index (κ2) is 9.37. The Labute approximate surface area is 196 Å². The van der Waals surface area contributed by atoms with E-state index in [0.717, 1.165) is 16.8 Å². The summed E-state index contributed by atoms with van der Waals surface area (Å²) in [6, 6.07) is 12.0. The number of nitrogens with zero attached hydrogens (tertiary/aromatic N) is 2. The van der Waals surface area contributed by atoms with Crippen LogP contribution in [0.3, 0.4) is 0 Å². The minimum atomic E-state index is -1.57. The van der Waals surface area contributed by atoms with E-state index in [1.165, 1.54) is 12.0 Å². The molecule has 3 N–H and O–H groups in total. The summed E-state index contributed by atoms with van der Waals surface area (Å²) in [4.78, 5) is 43.2. The van der Waals surface area contributed by atoms with Crippen LogP contribution < -0.4 is 15.4 Å². The third kappa shape index (κ3) is 4.63. The van der Waals surface area contributed by atoms with E-state index in [0.29, 0.717) is 29.8 Å². The quantitative estimate of drug-likeness (QED) is 0.340. The van der Waals surface area contributed by atoms with Crippen molar-refractivity contribution in [1.29, 1.82) is 0 Å². The SMILES string of the molecule is COc1ccc2c(c1)C(=O)N(C[C@@]1(C#Cc3ccc(C/C(C)=N/CO)cc3)NC(=O)NC1=O)C2. The third-order valence-electron chi connectivity index (χ3n) is 5.74. The Bertz CT molecular complexity index is 1240. The molecule has 2 aromatic carbocycles. The second-order valence-electron chi connectivity index (χ2n) is 8.16. The van der Waals surface area contributed by atoms with E-state index in [9.17, 15) is 14.4 Å². The highest BCUT2D eigenvalue weighted by atomic mass is 16.5. The molecule has 2 aromatic rings. The summed E-state index contributed by atoms with van der Waals surface area (Å²) in [7, 11) is 1.53. The number of carbonyl (C=O) groups excluding carboxylic acids is 3. The van der Waals surface area contributed by atoms with Crippen LogP contribution in [0.4, 0.5) is 4.79 Å². The van der Waals surface area contributed by atoms with Crippen molar-refractivity contribution in [3.63, 3.8) is 0 Å². The average molecular weight is 460 g/mol.